The lowest BCUT2D eigenvalue weighted by Gasteiger charge is -1.93. The van der Waals surface area contributed by atoms with Gasteiger partial charge in [0.25, 0.3) is 0 Å². The maximum absolute atomic E-state index is 9.76. The Bertz CT molecular complexity index is 103. The van der Waals surface area contributed by atoms with Gasteiger partial charge < -0.3 is 9.99 Å². The summed E-state index contributed by atoms with van der Waals surface area (Å²) >= 11 is 0. The minimum atomic E-state index is 0.102. The molecule has 3 nitrogen and oxygen atoms in total. The van der Waals surface area contributed by atoms with Crippen LogP contribution in [0.1, 0.15) is 19.8 Å². The van der Waals surface area contributed by atoms with Crippen LogP contribution in [0.15, 0.2) is 0 Å². The van der Waals surface area contributed by atoms with Gasteiger partial charge in [-0.05, 0) is 0 Å². The molecular weight excluding hydrogens is 148 g/mol. The fourth-order valence-electron chi connectivity index (χ4n) is 0.435. The second-order valence-electron chi connectivity index (χ2n) is 1.83. The normalized spacial score (nSPS) is 11.6. The number of carbonyl (C=O) groups excluding carboxylic acids is 1. The quantitative estimate of drug-likeness (QED) is 0.141. The van der Waals surface area contributed by atoms with E-state index in [1.807, 2.05) is 0 Å². The third-order valence-corrected chi connectivity index (χ3v) is 1.29. The Hall–Kier alpha value is -0.513. The average Bonchev–Trinajstić information content (AvgIpc) is 1.99. The molecule has 0 spiro atoms. The van der Waals surface area contributed by atoms with Crippen molar-refractivity contribution in [3.63, 3.8) is 0 Å². The summed E-state index contributed by atoms with van der Waals surface area (Å²) in [5.74, 6) is 0.102. The van der Waals surface area contributed by atoms with Crippen LogP contribution in [0.2, 0.25) is 6.04 Å². The number of unbranched alkanes of at least 4 members (excludes halogenated alkanes) is 1. The first-order chi connectivity index (χ1) is 4.85. The summed E-state index contributed by atoms with van der Waals surface area (Å²) in [5.41, 5.74) is 0. The molecule has 57 valence electrons. The lowest BCUT2D eigenvalue weighted by molar-refractivity contribution is -1.05. The van der Waals surface area contributed by atoms with Gasteiger partial charge in [-0.2, -0.15) is 0 Å². The SMILES string of the molecule is CCCCOC(C[Si])=[O+][O-]. The Balaban J connectivity index is 3.27. The van der Waals surface area contributed by atoms with Crippen molar-refractivity contribution in [2.75, 3.05) is 6.61 Å². The van der Waals surface area contributed by atoms with Gasteiger partial charge in [0.2, 0.25) is 0 Å². The average molecular weight is 159 g/mol. The molecule has 10 heavy (non-hydrogen) atoms. The number of esters is 1. The molecule has 0 unspecified atom stereocenters. The van der Waals surface area contributed by atoms with Gasteiger partial charge in [0.15, 0.2) is 6.61 Å². The summed E-state index contributed by atoms with van der Waals surface area (Å²) in [5, 5.41) is 9.76. The zero-order valence-electron chi connectivity index (χ0n) is 6.05. The summed E-state index contributed by atoms with van der Waals surface area (Å²) in [6.45, 7) is 2.60. The van der Waals surface area contributed by atoms with Crippen LogP contribution in [0.3, 0.4) is 0 Å². The predicted octanol–water partition coefficient (Wildman–Crippen LogP) is -0.273. The Labute approximate surface area is 64.1 Å². The first-order valence-electron chi connectivity index (χ1n) is 3.28. The Morgan fingerprint density at radius 1 is 1.70 bits per heavy atom. The highest BCUT2D eigenvalue weighted by atomic mass is 28.1. The molecule has 0 N–H and O–H groups in total. The van der Waals surface area contributed by atoms with E-state index in [1.165, 1.54) is 0 Å². The molecule has 0 saturated heterocycles. The minimum Gasteiger partial charge on any atom is -0.588 e. The van der Waals surface area contributed by atoms with Crippen molar-refractivity contribution in [3.8, 4) is 0 Å². The van der Waals surface area contributed by atoms with Gasteiger partial charge in [-0.1, -0.05) is 13.3 Å². The molecule has 0 saturated carbocycles. The van der Waals surface area contributed by atoms with E-state index >= 15 is 0 Å². The van der Waals surface area contributed by atoms with Crippen LogP contribution >= 0.6 is 0 Å². The zero-order chi connectivity index (χ0) is 7.82. The molecule has 0 rings (SSSR count). The summed E-state index contributed by atoms with van der Waals surface area (Å²) in [7, 11) is 3.09. The van der Waals surface area contributed by atoms with Gasteiger partial charge in [0.1, 0.15) is 0 Å². The summed E-state index contributed by atoms with van der Waals surface area (Å²) < 4.78 is 8.56. The van der Waals surface area contributed by atoms with E-state index in [1.54, 1.807) is 0 Å². The van der Waals surface area contributed by atoms with Crippen LogP contribution in [-0.2, 0) is 9.31 Å². The van der Waals surface area contributed by atoms with E-state index in [-0.39, 0.29) is 5.97 Å². The highest BCUT2D eigenvalue weighted by Crippen LogP contribution is 1.90. The number of rotatable bonds is 4. The molecule has 0 fully saturated rings. The van der Waals surface area contributed by atoms with E-state index in [4.69, 9.17) is 4.74 Å². The summed E-state index contributed by atoms with van der Waals surface area (Å²) in [4.78, 5) is 0. The summed E-state index contributed by atoms with van der Waals surface area (Å²) in [6.07, 6.45) is 1.99. The van der Waals surface area contributed by atoms with Crippen molar-refractivity contribution in [3.05, 3.63) is 0 Å². The van der Waals surface area contributed by atoms with Gasteiger partial charge in [-0.3, -0.25) is 4.58 Å². The Morgan fingerprint density at radius 3 is 2.80 bits per heavy atom. The van der Waals surface area contributed by atoms with E-state index in [9.17, 15) is 5.26 Å². The van der Waals surface area contributed by atoms with Crippen molar-refractivity contribution in [2.24, 2.45) is 0 Å². The smallest absolute Gasteiger partial charge is 0.493 e. The molecule has 3 radical (unpaired) electrons. The van der Waals surface area contributed by atoms with Gasteiger partial charge >= 0.3 is 5.97 Å². The molecule has 0 aliphatic heterocycles. The molecule has 0 bridgehead atoms. The van der Waals surface area contributed by atoms with Gasteiger partial charge in [-0.25, -0.2) is 0 Å². The van der Waals surface area contributed by atoms with Crippen molar-refractivity contribution >= 4 is 16.2 Å². The van der Waals surface area contributed by atoms with Crippen molar-refractivity contribution in [2.45, 2.75) is 25.8 Å². The molecular formula is C6H11O3Si. The molecule has 0 atom stereocenters. The monoisotopic (exact) mass is 159 g/mol. The molecule has 0 aliphatic carbocycles. The fourth-order valence-corrected chi connectivity index (χ4v) is 0.596. The Morgan fingerprint density at radius 2 is 2.40 bits per heavy atom. The minimum absolute atomic E-state index is 0.102. The lowest BCUT2D eigenvalue weighted by Crippen LogP contribution is -2.13. The maximum atomic E-state index is 9.76. The second kappa shape index (κ2) is 6.60. The van der Waals surface area contributed by atoms with Crippen LogP contribution in [0, 0.1) is 0 Å². The number of ether oxygens (including phenoxy) is 1. The Kier molecular flexibility index (Phi) is 6.27. The van der Waals surface area contributed by atoms with Crippen LogP contribution in [-0.4, -0.2) is 22.8 Å². The van der Waals surface area contributed by atoms with Gasteiger partial charge in [0, 0.05) is 16.7 Å². The van der Waals surface area contributed by atoms with Crippen molar-refractivity contribution in [1.82, 2.24) is 0 Å². The predicted molar refractivity (Wildman–Crippen MR) is 36.4 cm³/mol. The highest BCUT2D eigenvalue weighted by Gasteiger charge is 2.07. The third-order valence-electron chi connectivity index (χ3n) is 0.998. The topological polar surface area (TPSA) is 43.6 Å². The zero-order valence-corrected chi connectivity index (χ0v) is 7.05. The standard InChI is InChI=1S/C6H11O3Si/c1-2-3-4-8-6(5-10)9-7/h2-5H2,1H3. The van der Waals surface area contributed by atoms with Crippen molar-refractivity contribution in [1.29, 1.82) is 0 Å². The van der Waals surface area contributed by atoms with Crippen molar-refractivity contribution < 1.29 is 14.6 Å². The van der Waals surface area contributed by atoms with E-state index in [2.05, 4.69) is 21.7 Å². The van der Waals surface area contributed by atoms with Crippen LogP contribution in [0.4, 0.5) is 0 Å². The molecule has 0 amide bonds. The molecule has 0 heterocycles. The molecule has 0 aliphatic rings. The van der Waals surface area contributed by atoms with Gasteiger partial charge in [-0.15, -0.1) is 0 Å². The lowest BCUT2D eigenvalue weighted by atomic mass is 10.4. The molecule has 0 aromatic carbocycles. The largest absolute Gasteiger partial charge is 0.588 e. The van der Waals surface area contributed by atoms with Crippen LogP contribution < -0.4 is 5.26 Å². The summed E-state index contributed by atoms with van der Waals surface area (Å²) in [6, 6.07) is 0.340. The molecule has 4 heteroatoms. The van der Waals surface area contributed by atoms with E-state index in [0.29, 0.717) is 12.7 Å². The van der Waals surface area contributed by atoms with E-state index < -0.39 is 0 Å². The first-order valence-corrected chi connectivity index (χ1v) is 3.98. The highest BCUT2D eigenvalue weighted by molar-refractivity contribution is 6.18. The van der Waals surface area contributed by atoms with Crippen LogP contribution in [0.25, 0.3) is 0 Å². The van der Waals surface area contributed by atoms with Crippen LogP contribution in [0.5, 0.6) is 0 Å². The molecule has 0 aromatic heterocycles. The number of hydrogen-bond acceptors (Lipinski definition) is 2. The van der Waals surface area contributed by atoms with E-state index in [0.717, 1.165) is 12.8 Å². The second-order valence-corrected chi connectivity index (χ2v) is 2.19. The number of hydrogen-bond donors (Lipinski definition) is 0. The van der Waals surface area contributed by atoms with Gasteiger partial charge in [0.05, 0.1) is 6.04 Å². The third kappa shape index (κ3) is 4.37. The first kappa shape index (κ1) is 9.49. The maximum Gasteiger partial charge on any atom is 0.493 e. The fraction of sp³-hybridized carbons (Fsp3) is 0.833. The molecule has 0 aromatic rings.